The van der Waals surface area contributed by atoms with E-state index in [2.05, 4.69) is 47.5 Å². The van der Waals surface area contributed by atoms with E-state index in [-0.39, 0.29) is 0 Å². The van der Waals surface area contributed by atoms with Gasteiger partial charge in [0.15, 0.2) is 0 Å². The highest BCUT2D eigenvalue weighted by atomic mass is 16.5. The first kappa shape index (κ1) is 15.5. The highest BCUT2D eigenvalue weighted by Gasteiger charge is 2.18. The Labute approximate surface area is 123 Å². The molecule has 1 fully saturated rings. The SMILES string of the molecule is CCCOCCCN1CCNC(Cc2ccccc2)C1. The highest BCUT2D eigenvalue weighted by Crippen LogP contribution is 2.08. The van der Waals surface area contributed by atoms with Gasteiger partial charge in [-0.3, -0.25) is 0 Å². The number of piperazine rings is 1. The fourth-order valence-electron chi connectivity index (χ4n) is 2.77. The Morgan fingerprint density at radius 2 is 2.10 bits per heavy atom. The number of hydrogen-bond donors (Lipinski definition) is 1. The second kappa shape index (κ2) is 9.11. The fraction of sp³-hybridized carbons (Fsp3) is 0.647. The normalized spacial score (nSPS) is 20.1. The molecule has 1 N–H and O–H groups in total. The molecule has 0 saturated carbocycles. The van der Waals surface area contributed by atoms with Crippen LogP contribution in [0.3, 0.4) is 0 Å². The van der Waals surface area contributed by atoms with Gasteiger partial charge in [0.2, 0.25) is 0 Å². The average molecular weight is 276 g/mol. The van der Waals surface area contributed by atoms with E-state index in [1.165, 1.54) is 12.1 Å². The maximum Gasteiger partial charge on any atom is 0.0478 e. The lowest BCUT2D eigenvalue weighted by Crippen LogP contribution is -2.51. The van der Waals surface area contributed by atoms with Gasteiger partial charge in [0.25, 0.3) is 0 Å². The molecule has 3 heteroatoms. The zero-order valence-electron chi connectivity index (χ0n) is 12.7. The van der Waals surface area contributed by atoms with Crippen molar-refractivity contribution in [1.29, 1.82) is 0 Å². The first-order chi connectivity index (χ1) is 9.88. The Kier molecular flexibility index (Phi) is 7.06. The summed E-state index contributed by atoms with van der Waals surface area (Å²) in [6, 6.07) is 11.4. The summed E-state index contributed by atoms with van der Waals surface area (Å²) in [5.41, 5.74) is 1.43. The second-order valence-corrected chi connectivity index (χ2v) is 5.61. The molecule has 0 spiro atoms. The number of nitrogens with one attached hydrogen (secondary N) is 1. The third kappa shape index (κ3) is 5.61. The molecular formula is C17H28N2O. The molecule has 1 aliphatic rings. The Balaban J connectivity index is 1.66. The smallest absolute Gasteiger partial charge is 0.0478 e. The maximum absolute atomic E-state index is 5.55. The van der Waals surface area contributed by atoms with Crippen LogP contribution in [0.4, 0.5) is 0 Å². The van der Waals surface area contributed by atoms with E-state index in [9.17, 15) is 0 Å². The van der Waals surface area contributed by atoms with Crippen molar-refractivity contribution < 1.29 is 4.74 Å². The molecule has 0 amide bonds. The van der Waals surface area contributed by atoms with Crippen LogP contribution in [-0.4, -0.2) is 50.3 Å². The summed E-state index contributed by atoms with van der Waals surface area (Å²) in [7, 11) is 0. The van der Waals surface area contributed by atoms with Gasteiger partial charge in [-0.05, 0) is 24.8 Å². The first-order valence-electron chi connectivity index (χ1n) is 7.96. The van der Waals surface area contributed by atoms with Crippen molar-refractivity contribution in [2.75, 3.05) is 39.4 Å². The fourth-order valence-corrected chi connectivity index (χ4v) is 2.77. The molecule has 3 nitrogen and oxygen atoms in total. The molecule has 2 rings (SSSR count). The van der Waals surface area contributed by atoms with Gasteiger partial charge in [0, 0.05) is 45.4 Å². The lowest BCUT2D eigenvalue weighted by atomic mass is 10.0. The van der Waals surface area contributed by atoms with E-state index in [4.69, 9.17) is 4.74 Å². The van der Waals surface area contributed by atoms with Gasteiger partial charge in [0.05, 0.1) is 0 Å². The first-order valence-corrected chi connectivity index (χ1v) is 7.96. The van der Waals surface area contributed by atoms with Gasteiger partial charge >= 0.3 is 0 Å². The summed E-state index contributed by atoms with van der Waals surface area (Å²) in [5, 5.41) is 3.64. The van der Waals surface area contributed by atoms with E-state index in [0.717, 1.165) is 52.1 Å². The molecule has 1 unspecified atom stereocenters. The molecule has 1 aliphatic heterocycles. The Morgan fingerprint density at radius 1 is 1.25 bits per heavy atom. The Morgan fingerprint density at radius 3 is 2.90 bits per heavy atom. The van der Waals surface area contributed by atoms with Crippen molar-refractivity contribution in [2.45, 2.75) is 32.2 Å². The summed E-state index contributed by atoms with van der Waals surface area (Å²) in [6.45, 7) is 8.55. The number of nitrogens with zero attached hydrogens (tertiary/aromatic N) is 1. The summed E-state index contributed by atoms with van der Waals surface area (Å²) < 4.78 is 5.55. The monoisotopic (exact) mass is 276 g/mol. The van der Waals surface area contributed by atoms with Crippen molar-refractivity contribution in [1.82, 2.24) is 10.2 Å². The van der Waals surface area contributed by atoms with Crippen LogP contribution in [0.2, 0.25) is 0 Å². The molecule has 1 aromatic carbocycles. The number of rotatable bonds is 8. The van der Waals surface area contributed by atoms with Crippen LogP contribution in [0.5, 0.6) is 0 Å². The minimum atomic E-state index is 0.586. The van der Waals surface area contributed by atoms with Crippen LogP contribution in [0, 0.1) is 0 Å². The quantitative estimate of drug-likeness (QED) is 0.738. The van der Waals surface area contributed by atoms with E-state index in [1.54, 1.807) is 0 Å². The van der Waals surface area contributed by atoms with E-state index in [0.29, 0.717) is 6.04 Å². The minimum absolute atomic E-state index is 0.586. The molecule has 0 bridgehead atoms. The number of hydrogen-bond acceptors (Lipinski definition) is 3. The summed E-state index contributed by atoms with van der Waals surface area (Å²) >= 11 is 0. The second-order valence-electron chi connectivity index (χ2n) is 5.61. The number of benzene rings is 1. The van der Waals surface area contributed by atoms with Crippen LogP contribution in [-0.2, 0) is 11.2 Å². The van der Waals surface area contributed by atoms with Crippen LogP contribution in [0.1, 0.15) is 25.3 Å². The standard InChI is InChI=1S/C17H28N2O/c1-2-12-20-13-6-10-19-11-9-18-17(15-19)14-16-7-4-3-5-8-16/h3-5,7-8,17-18H,2,6,9-15H2,1H3. The van der Waals surface area contributed by atoms with Crippen molar-refractivity contribution in [2.24, 2.45) is 0 Å². The molecule has 1 atom stereocenters. The zero-order valence-corrected chi connectivity index (χ0v) is 12.7. The molecular weight excluding hydrogens is 248 g/mol. The van der Waals surface area contributed by atoms with E-state index in [1.807, 2.05) is 0 Å². The number of ether oxygens (including phenoxy) is 1. The highest BCUT2D eigenvalue weighted by molar-refractivity contribution is 5.16. The van der Waals surface area contributed by atoms with Crippen LogP contribution < -0.4 is 5.32 Å². The van der Waals surface area contributed by atoms with Crippen LogP contribution >= 0.6 is 0 Å². The molecule has 20 heavy (non-hydrogen) atoms. The predicted octanol–water partition coefficient (Wildman–Crippen LogP) is 2.32. The largest absolute Gasteiger partial charge is 0.381 e. The third-order valence-corrected chi connectivity index (χ3v) is 3.78. The lowest BCUT2D eigenvalue weighted by molar-refractivity contribution is 0.114. The molecule has 0 radical (unpaired) electrons. The topological polar surface area (TPSA) is 24.5 Å². The summed E-state index contributed by atoms with van der Waals surface area (Å²) in [4.78, 5) is 2.57. The molecule has 0 aromatic heterocycles. The van der Waals surface area contributed by atoms with Crippen molar-refractivity contribution in [3.05, 3.63) is 35.9 Å². The molecule has 1 aromatic rings. The van der Waals surface area contributed by atoms with Gasteiger partial charge in [-0.1, -0.05) is 37.3 Å². The summed E-state index contributed by atoms with van der Waals surface area (Å²) in [6.07, 6.45) is 3.40. The van der Waals surface area contributed by atoms with Gasteiger partial charge < -0.3 is 15.0 Å². The van der Waals surface area contributed by atoms with Crippen LogP contribution in [0.25, 0.3) is 0 Å². The van der Waals surface area contributed by atoms with Crippen molar-refractivity contribution in [3.63, 3.8) is 0 Å². The molecule has 0 aliphatic carbocycles. The predicted molar refractivity (Wildman–Crippen MR) is 84.1 cm³/mol. The van der Waals surface area contributed by atoms with E-state index < -0.39 is 0 Å². The Hall–Kier alpha value is -0.900. The lowest BCUT2D eigenvalue weighted by Gasteiger charge is -2.33. The van der Waals surface area contributed by atoms with Crippen molar-refractivity contribution >= 4 is 0 Å². The zero-order chi connectivity index (χ0) is 14.0. The van der Waals surface area contributed by atoms with Crippen LogP contribution in [0.15, 0.2) is 30.3 Å². The molecule has 1 heterocycles. The minimum Gasteiger partial charge on any atom is -0.381 e. The van der Waals surface area contributed by atoms with Gasteiger partial charge in [-0.15, -0.1) is 0 Å². The van der Waals surface area contributed by atoms with Gasteiger partial charge in [-0.2, -0.15) is 0 Å². The average Bonchev–Trinajstić information content (AvgIpc) is 2.48. The summed E-state index contributed by atoms with van der Waals surface area (Å²) in [5.74, 6) is 0. The van der Waals surface area contributed by atoms with Gasteiger partial charge in [-0.25, -0.2) is 0 Å². The molecule has 112 valence electrons. The Bertz CT molecular complexity index is 355. The van der Waals surface area contributed by atoms with Gasteiger partial charge in [0.1, 0.15) is 0 Å². The third-order valence-electron chi connectivity index (χ3n) is 3.78. The molecule has 1 saturated heterocycles. The maximum atomic E-state index is 5.55. The van der Waals surface area contributed by atoms with Crippen molar-refractivity contribution in [3.8, 4) is 0 Å². The van der Waals surface area contributed by atoms with E-state index >= 15 is 0 Å².